The highest BCUT2D eigenvalue weighted by atomic mass is 16.5. The first-order valence-electron chi connectivity index (χ1n) is 4.10. The summed E-state index contributed by atoms with van der Waals surface area (Å²) in [4.78, 5) is 0. The molecule has 0 aliphatic carbocycles. The van der Waals surface area contributed by atoms with Crippen molar-refractivity contribution in [3.05, 3.63) is 18.0 Å². The van der Waals surface area contributed by atoms with Crippen LogP contribution >= 0.6 is 0 Å². The molecule has 3 nitrogen and oxygen atoms in total. The van der Waals surface area contributed by atoms with E-state index in [1.807, 2.05) is 0 Å². The second-order valence-electron chi connectivity index (χ2n) is 1.73. The number of hydrogen-bond acceptors (Lipinski definition) is 2. The lowest BCUT2D eigenvalue weighted by Gasteiger charge is -1.97. The molecule has 0 N–H and O–H groups in total. The zero-order valence-electron chi connectivity index (χ0n) is 8.16. The van der Waals surface area contributed by atoms with E-state index < -0.39 is 7.04 Å². The molecule has 0 saturated heterocycles. The van der Waals surface area contributed by atoms with Crippen LogP contribution in [-0.2, 0) is 18.4 Å². The number of ether oxygens (including phenoxy) is 1. The Balaban J connectivity index is 2.49. The number of rotatable bonds is 2. The molecule has 1 heterocycles. The lowest BCUT2D eigenvalue weighted by atomic mass is 10.5. The summed E-state index contributed by atoms with van der Waals surface area (Å²) >= 11 is 0. The third-order valence-electron chi connectivity index (χ3n) is 1.14. The maximum atomic E-state index is 6.79. The Morgan fingerprint density at radius 2 is 2.89 bits per heavy atom. The average molecular weight is 129 g/mol. The standard InChI is InChI=1S/C6H10N2O/c1-8-6(5-9-2)3-4-7-8/h3-4H,5H2,1-2H3/i2D3. The molecule has 1 aromatic heterocycles. The van der Waals surface area contributed by atoms with Gasteiger partial charge < -0.3 is 4.74 Å². The van der Waals surface area contributed by atoms with Crippen molar-refractivity contribution < 1.29 is 8.85 Å². The molecular weight excluding hydrogens is 116 g/mol. The number of aryl methyl sites for hydroxylation is 1. The minimum Gasteiger partial charge on any atom is -0.378 e. The van der Waals surface area contributed by atoms with Crippen LogP contribution in [0.2, 0.25) is 0 Å². The normalized spacial score (nSPS) is 16.3. The van der Waals surface area contributed by atoms with Gasteiger partial charge in [-0.25, -0.2) is 0 Å². The van der Waals surface area contributed by atoms with Crippen molar-refractivity contribution in [2.24, 2.45) is 7.05 Å². The Morgan fingerprint density at radius 3 is 3.44 bits per heavy atom. The number of aromatic nitrogens is 2. The molecule has 9 heavy (non-hydrogen) atoms. The molecule has 0 fully saturated rings. The van der Waals surface area contributed by atoms with E-state index in [0.29, 0.717) is 0 Å². The van der Waals surface area contributed by atoms with Crippen LogP contribution in [0.4, 0.5) is 0 Å². The van der Waals surface area contributed by atoms with Gasteiger partial charge in [0.1, 0.15) is 0 Å². The fraction of sp³-hybridized carbons (Fsp3) is 0.500. The third kappa shape index (κ3) is 1.29. The first kappa shape index (κ1) is 3.37. The minimum absolute atomic E-state index is 0.0625. The van der Waals surface area contributed by atoms with E-state index in [1.54, 1.807) is 24.0 Å². The molecule has 1 aromatic rings. The molecule has 0 aliphatic rings. The summed E-state index contributed by atoms with van der Waals surface area (Å²) in [5.41, 5.74) is 0.742. The van der Waals surface area contributed by atoms with Crippen molar-refractivity contribution in [1.29, 1.82) is 0 Å². The van der Waals surface area contributed by atoms with Crippen LogP contribution in [0.3, 0.4) is 0 Å². The molecule has 50 valence electrons. The van der Waals surface area contributed by atoms with Gasteiger partial charge in [0.25, 0.3) is 0 Å². The van der Waals surface area contributed by atoms with Gasteiger partial charge in [0.15, 0.2) is 0 Å². The van der Waals surface area contributed by atoms with E-state index in [9.17, 15) is 0 Å². The van der Waals surface area contributed by atoms with E-state index in [1.165, 1.54) is 0 Å². The van der Waals surface area contributed by atoms with E-state index in [4.69, 9.17) is 4.11 Å². The van der Waals surface area contributed by atoms with Gasteiger partial charge in [-0.2, -0.15) is 5.10 Å². The van der Waals surface area contributed by atoms with Crippen LogP contribution in [0, 0.1) is 0 Å². The maximum Gasteiger partial charge on any atom is 0.0880 e. The summed E-state index contributed by atoms with van der Waals surface area (Å²) in [6.07, 6.45) is 1.60. The molecule has 0 unspecified atom stereocenters. The first-order valence-corrected chi connectivity index (χ1v) is 2.60. The average Bonchev–Trinajstić information content (AvgIpc) is 2.29. The van der Waals surface area contributed by atoms with Gasteiger partial charge in [-0.3, -0.25) is 4.68 Å². The summed E-state index contributed by atoms with van der Waals surface area (Å²) in [6, 6.07) is 1.71. The summed E-state index contributed by atoms with van der Waals surface area (Å²) in [7, 11) is -0.595. The highest BCUT2D eigenvalue weighted by molar-refractivity contribution is 4.97. The van der Waals surface area contributed by atoms with Crippen molar-refractivity contribution in [3.63, 3.8) is 0 Å². The maximum absolute atomic E-state index is 6.79. The molecule has 3 heteroatoms. The Morgan fingerprint density at radius 1 is 2.00 bits per heavy atom. The van der Waals surface area contributed by atoms with Gasteiger partial charge in [0.2, 0.25) is 0 Å². The van der Waals surface area contributed by atoms with Crippen molar-refractivity contribution in [1.82, 2.24) is 9.78 Å². The Kier molecular flexibility index (Phi) is 0.987. The number of hydrogen-bond donors (Lipinski definition) is 0. The van der Waals surface area contributed by atoms with Crippen molar-refractivity contribution in [3.8, 4) is 0 Å². The van der Waals surface area contributed by atoms with Crippen molar-refractivity contribution in [2.75, 3.05) is 7.04 Å². The van der Waals surface area contributed by atoms with Gasteiger partial charge in [0, 0.05) is 20.3 Å². The highest BCUT2D eigenvalue weighted by Crippen LogP contribution is 1.96. The van der Waals surface area contributed by atoms with Gasteiger partial charge in [-0.15, -0.1) is 0 Å². The van der Waals surface area contributed by atoms with Crippen LogP contribution in [0.5, 0.6) is 0 Å². The molecular formula is C6H10N2O. The SMILES string of the molecule is [2H]C([2H])([2H])OCc1ccnn1C. The van der Waals surface area contributed by atoms with Crippen LogP contribution < -0.4 is 0 Å². The smallest absolute Gasteiger partial charge is 0.0880 e. The van der Waals surface area contributed by atoms with E-state index >= 15 is 0 Å². The zero-order chi connectivity index (χ0) is 9.19. The molecule has 0 radical (unpaired) electrons. The predicted octanol–water partition coefficient (Wildman–Crippen LogP) is 0.567. The lowest BCUT2D eigenvalue weighted by molar-refractivity contribution is 0.178. The van der Waals surface area contributed by atoms with Crippen LogP contribution in [0.25, 0.3) is 0 Å². The fourth-order valence-corrected chi connectivity index (χ4v) is 0.617. The van der Waals surface area contributed by atoms with Crippen LogP contribution in [-0.4, -0.2) is 16.8 Å². The summed E-state index contributed by atoms with van der Waals surface area (Å²) in [6.45, 7) is 0.0625. The Labute approximate surface area is 58.5 Å². The molecule has 0 bridgehead atoms. The Bertz CT molecular complexity index is 256. The Hall–Kier alpha value is -0.830. The summed E-state index contributed by atoms with van der Waals surface area (Å²) < 4.78 is 26.5. The van der Waals surface area contributed by atoms with Gasteiger partial charge >= 0.3 is 0 Å². The molecule has 0 aromatic carbocycles. The van der Waals surface area contributed by atoms with E-state index in [-0.39, 0.29) is 6.61 Å². The minimum atomic E-state index is -2.33. The summed E-state index contributed by atoms with van der Waals surface area (Å²) in [5, 5.41) is 3.87. The third-order valence-corrected chi connectivity index (χ3v) is 1.14. The van der Waals surface area contributed by atoms with Crippen molar-refractivity contribution >= 4 is 0 Å². The van der Waals surface area contributed by atoms with Crippen LogP contribution in [0.1, 0.15) is 9.81 Å². The van der Waals surface area contributed by atoms with Crippen LogP contribution in [0.15, 0.2) is 12.3 Å². The molecule has 0 aliphatic heterocycles. The topological polar surface area (TPSA) is 27.1 Å². The second kappa shape index (κ2) is 2.64. The molecule has 0 amide bonds. The highest BCUT2D eigenvalue weighted by Gasteiger charge is 1.93. The van der Waals surface area contributed by atoms with Gasteiger partial charge in [0.05, 0.1) is 16.4 Å². The largest absolute Gasteiger partial charge is 0.378 e. The number of nitrogens with zero attached hydrogens (tertiary/aromatic N) is 2. The monoisotopic (exact) mass is 129 g/mol. The number of methoxy groups -OCH3 is 1. The molecule has 0 atom stereocenters. The zero-order valence-corrected chi connectivity index (χ0v) is 5.16. The second-order valence-corrected chi connectivity index (χ2v) is 1.73. The van der Waals surface area contributed by atoms with Crippen molar-refractivity contribution in [2.45, 2.75) is 6.61 Å². The van der Waals surface area contributed by atoms with E-state index in [2.05, 4.69) is 9.84 Å². The fourth-order valence-electron chi connectivity index (χ4n) is 0.617. The van der Waals surface area contributed by atoms with Gasteiger partial charge in [-0.1, -0.05) is 0 Å². The lowest BCUT2D eigenvalue weighted by Crippen LogP contribution is -1.98. The molecule has 0 saturated carbocycles. The quantitative estimate of drug-likeness (QED) is 0.583. The molecule has 0 spiro atoms. The predicted molar refractivity (Wildman–Crippen MR) is 33.9 cm³/mol. The van der Waals surface area contributed by atoms with Gasteiger partial charge in [-0.05, 0) is 6.07 Å². The molecule has 1 rings (SSSR count). The first-order chi connectivity index (χ1) is 5.49. The van der Waals surface area contributed by atoms with E-state index in [0.717, 1.165) is 5.69 Å². The summed E-state index contributed by atoms with van der Waals surface area (Å²) in [5.74, 6) is 0.